The predicted molar refractivity (Wildman–Crippen MR) is 95.4 cm³/mol. The van der Waals surface area contributed by atoms with Crippen molar-refractivity contribution in [3.63, 3.8) is 0 Å². The van der Waals surface area contributed by atoms with E-state index in [0.29, 0.717) is 11.3 Å². The van der Waals surface area contributed by atoms with E-state index < -0.39 is 0 Å². The van der Waals surface area contributed by atoms with Crippen LogP contribution in [0.2, 0.25) is 0 Å². The number of allylic oxidation sites excluding steroid dienone is 1. The summed E-state index contributed by atoms with van der Waals surface area (Å²) in [6.07, 6.45) is 10.6. The van der Waals surface area contributed by atoms with E-state index in [9.17, 15) is 9.59 Å². The monoisotopic (exact) mass is 328 g/mol. The smallest absolute Gasteiger partial charge is 0.221 e. The molecule has 0 amide bonds. The van der Waals surface area contributed by atoms with Crippen LogP contribution in [0.15, 0.2) is 11.6 Å². The van der Waals surface area contributed by atoms with Crippen molar-refractivity contribution in [3.8, 4) is 0 Å². The lowest BCUT2D eigenvalue weighted by Gasteiger charge is -2.59. The summed E-state index contributed by atoms with van der Waals surface area (Å²) < 4.78 is 0. The molecule has 2 heteroatoms. The normalized spacial score (nSPS) is 50.8. The highest BCUT2D eigenvalue weighted by Gasteiger charge is 2.60. The topological polar surface area (TPSA) is 34.1 Å². The van der Waals surface area contributed by atoms with Crippen molar-refractivity contribution >= 4 is 11.6 Å². The van der Waals surface area contributed by atoms with Gasteiger partial charge in [-0.1, -0.05) is 39.7 Å². The first kappa shape index (κ1) is 16.5. The van der Waals surface area contributed by atoms with Crippen LogP contribution in [-0.2, 0) is 9.59 Å². The van der Waals surface area contributed by atoms with Gasteiger partial charge in [0, 0.05) is 11.3 Å². The Hall–Kier alpha value is -0.920. The summed E-state index contributed by atoms with van der Waals surface area (Å²) in [6, 6.07) is 0. The Balaban J connectivity index is 1.72. The van der Waals surface area contributed by atoms with Crippen LogP contribution in [-0.4, -0.2) is 11.6 Å². The molecule has 0 aliphatic heterocycles. The molecule has 4 aliphatic rings. The fraction of sp³-hybridized carbons (Fsp3) is 0.818. The minimum absolute atomic E-state index is 0.0699. The molecule has 0 N–H and O–H groups in total. The van der Waals surface area contributed by atoms with Crippen molar-refractivity contribution < 1.29 is 9.59 Å². The van der Waals surface area contributed by atoms with E-state index in [-0.39, 0.29) is 22.9 Å². The van der Waals surface area contributed by atoms with E-state index in [1.807, 2.05) is 6.92 Å². The molecule has 132 valence electrons. The second-order valence-corrected chi connectivity index (χ2v) is 9.54. The molecule has 0 aromatic heterocycles. The van der Waals surface area contributed by atoms with Gasteiger partial charge in [-0.15, -0.1) is 0 Å². The zero-order valence-electron chi connectivity index (χ0n) is 15.7. The number of ketones is 2. The number of hydrogen-bond donors (Lipinski definition) is 0. The molecule has 0 aromatic rings. The zero-order valence-corrected chi connectivity index (χ0v) is 15.7. The van der Waals surface area contributed by atoms with Gasteiger partial charge in [0.05, 0.1) is 0 Å². The second kappa shape index (κ2) is 5.29. The fourth-order valence-electron chi connectivity index (χ4n) is 7.59. The highest BCUT2D eigenvalue weighted by molar-refractivity contribution is 6.43. The quantitative estimate of drug-likeness (QED) is 0.637. The standard InChI is InChI=1S/C22H32O2/c1-5-14-7-9-17-16-8-6-15-12-19(23)20(24)13(2)22(15,4)18(16)10-11-21(14,17)3/h12-14,16-18H,5-11H2,1-4H3/t13?,14-,16-,17-,18-,21+,22-/m0/s1. The van der Waals surface area contributed by atoms with Crippen molar-refractivity contribution in [1.29, 1.82) is 0 Å². The van der Waals surface area contributed by atoms with Gasteiger partial charge >= 0.3 is 0 Å². The van der Waals surface area contributed by atoms with Gasteiger partial charge in [0.15, 0.2) is 0 Å². The summed E-state index contributed by atoms with van der Waals surface area (Å²) in [5.74, 6) is 2.54. The number of Topliss-reactive ketones (excluding diaryl/α,β-unsaturated/α-hetero) is 1. The van der Waals surface area contributed by atoms with Crippen molar-refractivity contribution in [2.45, 2.75) is 72.6 Å². The molecule has 3 saturated carbocycles. The molecule has 1 unspecified atom stereocenters. The molecule has 0 radical (unpaired) electrons. The van der Waals surface area contributed by atoms with Crippen LogP contribution >= 0.6 is 0 Å². The van der Waals surface area contributed by atoms with Crippen LogP contribution in [0.3, 0.4) is 0 Å². The lowest BCUT2D eigenvalue weighted by Crippen LogP contribution is -2.54. The molecule has 0 spiro atoms. The number of carbonyl (C=O) groups excluding carboxylic acids is 2. The Labute approximate surface area is 146 Å². The summed E-state index contributed by atoms with van der Waals surface area (Å²) in [7, 11) is 0. The molecular weight excluding hydrogens is 296 g/mol. The van der Waals surface area contributed by atoms with Crippen LogP contribution in [0.1, 0.15) is 72.6 Å². The van der Waals surface area contributed by atoms with Gasteiger partial charge in [-0.05, 0) is 73.7 Å². The van der Waals surface area contributed by atoms with Crippen LogP contribution in [0.5, 0.6) is 0 Å². The minimum atomic E-state index is -0.249. The Morgan fingerprint density at radius 2 is 1.83 bits per heavy atom. The summed E-state index contributed by atoms with van der Waals surface area (Å²) in [4.78, 5) is 24.5. The molecule has 24 heavy (non-hydrogen) atoms. The average Bonchev–Trinajstić information content (AvgIpc) is 2.91. The molecular formula is C22H32O2. The van der Waals surface area contributed by atoms with Gasteiger partial charge in [0.25, 0.3) is 0 Å². The highest BCUT2D eigenvalue weighted by atomic mass is 16.2. The largest absolute Gasteiger partial charge is 0.290 e. The Morgan fingerprint density at radius 1 is 1.08 bits per heavy atom. The van der Waals surface area contributed by atoms with E-state index >= 15 is 0 Å². The molecule has 4 aliphatic carbocycles. The third-order valence-corrected chi connectivity index (χ3v) is 9.18. The van der Waals surface area contributed by atoms with Crippen LogP contribution in [0.4, 0.5) is 0 Å². The molecule has 0 heterocycles. The maximum atomic E-state index is 12.5. The van der Waals surface area contributed by atoms with Gasteiger partial charge in [0.1, 0.15) is 0 Å². The number of hydrogen-bond acceptors (Lipinski definition) is 2. The summed E-state index contributed by atoms with van der Waals surface area (Å²) in [5, 5.41) is 0. The average molecular weight is 328 g/mol. The lowest BCUT2D eigenvalue weighted by atomic mass is 9.45. The Bertz CT molecular complexity index is 617. The summed E-state index contributed by atoms with van der Waals surface area (Å²) in [5.41, 5.74) is 1.74. The van der Waals surface area contributed by atoms with E-state index in [0.717, 1.165) is 24.2 Å². The van der Waals surface area contributed by atoms with Crippen molar-refractivity contribution in [1.82, 2.24) is 0 Å². The Morgan fingerprint density at radius 3 is 2.54 bits per heavy atom. The lowest BCUT2D eigenvalue weighted by molar-refractivity contribution is -0.143. The van der Waals surface area contributed by atoms with Gasteiger partial charge in [-0.2, -0.15) is 0 Å². The van der Waals surface area contributed by atoms with Crippen molar-refractivity contribution in [3.05, 3.63) is 11.6 Å². The first-order valence-corrected chi connectivity index (χ1v) is 10.1. The molecule has 7 atom stereocenters. The first-order valence-electron chi connectivity index (χ1n) is 10.1. The molecule has 0 bridgehead atoms. The van der Waals surface area contributed by atoms with Crippen LogP contribution in [0.25, 0.3) is 0 Å². The zero-order chi connectivity index (χ0) is 17.3. The Kier molecular flexibility index (Phi) is 3.64. The fourth-order valence-corrected chi connectivity index (χ4v) is 7.59. The third-order valence-electron chi connectivity index (χ3n) is 9.18. The van der Waals surface area contributed by atoms with Crippen molar-refractivity contribution in [2.75, 3.05) is 0 Å². The van der Waals surface area contributed by atoms with Gasteiger partial charge in [-0.25, -0.2) is 0 Å². The van der Waals surface area contributed by atoms with E-state index in [4.69, 9.17) is 0 Å². The molecule has 4 rings (SSSR count). The molecule has 0 aromatic carbocycles. The second-order valence-electron chi connectivity index (χ2n) is 9.54. The van der Waals surface area contributed by atoms with Gasteiger partial charge in [-0.3, -0.25) is 9.59 Å². The highest BCUT2D eigenvalue weighted by Crippen LogP contribution is 2.67. The number of carbonyl (C=O) groups is 2. The van der Waals surface area contributed by atoms with Crippen molar-refractivity contribution in [2.24, 2.45) is 40.4 Å². The van der Waals surface area contributed by atoms with Gasteiger partial charge < -0.3 is 0 Å². The summed E-state index contributed by atoms with van der Waals surface area (Å²) >= 11 is 0. The van der Waals surface area contributed by atoms with Crippen LogP contribution < -0.4 is 0 Å². The molecule has 3 fully saturated rings. The molecule has 0 saturated heterocycles. The van der Waals surface area contributed by atoms with E-state index in [1.54, 1.807) is 6.08 Å². The minimum Gasteiger partial charge on any atom is -0.290 e. The first-order chi connectivity index (χ1) is 11.3. The van der Waals surface area contributed by atoms with Crippen LogP contribution in [0, 0.1) is 40.4 Å². The maximum Gasteiger partial charge on any atom is 0.221 e. The third kappa shape index (κ3) is 1.89. The van der Waals surface area contributed by atoms with Gasteiger partial charge in [0.2, 0.25) is 11.6 Å². The number of rotatable bonds is 1. The summed E-state index contributed by atoms with van der Waals surface area (Å²) in [6.45, 7) is 9.25. The predicted octanol–water partition coefficient (Wildman–Crippen LogP) is 4.97. The number of fused-ring (bicyclic) bond motifs is 5. The van der Waals surface area contributed by atoms with E-state index in [2.05, 4.69) is 20.8 Å². The molecule has 2 nitrogen and oxygen atoms in total. The maximum absolute atomic E-state index is 12.5. The SMILES string of the molecule is CC[C@H]1CC[C@H]2[C@@H]3CCC4=CC(=O)C(=O)C(C)[C@]4(C)[C@H]3CC[C@]12C. The van der Waals surface area contributed by atoms with E-state index in [1.165, 1.54) is 44.1 Å².